The number of anilines is 1. The minimum atomic E-state index is 0.134. The van der Waals surface area contributed by atoms with E-state index in [9.17, 15) is 0 Å². The molecule has 0 amide bonds. The first kappa shape index (κ1) is 13.1. The molecule has 0 aromatic heterocycles. The van der Waals surface area contributed by atoms with Gasteiger partial charge in [-0.2, -0.15) is 0 Å². The van der Waals surface area contributed by atoms with Gasteiger partial charge in [-0.15, -0.1) is 0 Å². The summed E-state index contributed by atoms with van der Waals surface area (Å²) in [5.41, 5.74) is 17.0. The van der Waals surface area contributed by atoms with Gasteiger partial charge < -0.3 is 22.5 Å². The molecule has 0 saturated carbocycles. The van der Waals surface area contributed by atoms with Gasteiger partial charge in [0.1, 0.15) is 11.7 Å². The van der Waals surface area contributed by atoms with E-state index in [4.69, 9.17) is 17.2 Å². The van der Waals surface area contributed by atoms with Crippen LogP contribution in [0, 0.1) is 0 Å². The van der Waals surface area contributed by atoms with Gasteiger partial charge in [0.2, 0.25) is 0 Å². The van der Waals surface area contributed by atoms with Crippen LogP contribution in [0.2, 0.25) is 0 Å². The zero-order valence-corrected chi connectivity index (χ0v) is 10.7. The van der Waals surface area contributed by atoms with Crippen LogP contribution in [-0.4, -0.2) is 5.84 Å². The highest BCUT2D eigenvalue weighted by atomic mass is 79.9. The third kappa shape index (κ3) is 5.07. The lowest BCUT2D eigenvalue weighted by atomic mass is 10.3. The largest absolute Gasteiger partial charge is 0.386 e. The Morgan fingerprint density at radius 2 is 1.82 bits per heavy atom. The minimum Gasteiger partial charge on any atom is -0.386 e. The molecule has 1 aromatic carbocycles. The van der Waals surface area contributed by atoms with E-state index in [0.29, 0.717) is 5.84 Å². The molecule has 7 N–H and O–H groups in total. The van der Waals surface area contributed by atoms with Gasteiger partial charge >= 0.3 is 0 Å². The minimum absolute atomic E-state index is 0.134. The van der Waals surface area contributed by atoms with Crippen LogP contribution in [0.4, 0.5) is 5.69 Å². The van der Waals surface area contributed by atoms with Gasteiger partial charge in [0, 0.05) is 16.2 Å². The van der Waals surface area contributed by atoms with Crippen LogP contribution in [-0.2, 0) is 0 Å². The lowest BCUT2D eigenvalue weighted by Crippen LogP contribution is -2.17. The van der Waals surface area contributed by atoms with Crippen molar-refractivity contribution in [2.45, 2.75) is 0 Å². The molecule has 17 heavy (non-hydrogen) atoms. The van der Waals surface area contributed by atoms with Crippen LogP contribution >= 0.6 is 15.9 Å². The van der Waals surface area contributed by atoms with E-state index in [-0.39, 0.29) is 11.6 Å². The molecule has 5 nitrogen and oxygen atoms in total. The maximum absolute atomic E-state index is 5.41. The molecule has 0 aliphatic rings. The van der Waals surface area contributed by atoms with Gasteiger partial charge in [0.25, 0.3) is 0 Å². The fraction of sp³-hybridized carbons (Fsp3) is 0. The molecule has 0 radical (unpaired) electrons. The summed E-state index contributed by atoms with van der Waals surface area (Å²) in [6.45, 7) is 3.49. The third-order valence-electron chi connectivity index (χ3n) is 1.68. The summed E-state index contributed by atoms with van der Waals surface area (Å²) >= 11 is 3.35. The monoisotopic (exact) mass is 295 g/mol. The van der Waals surface area contributed by atoms with E-state index in [1.807, 2.05) is 24.3 Å². The van der Waals surface area contributed by atoms with Gasteiger partial charge in [0.05, 0.1) is 5.82 Å². The van der Waals surface area contributed by atoms with Crippen LogP contribution in [0.25, 0.3) is 0 Å². The highest BCUT2D eigenvalue weighted by Crippen LogP contribution is 2.14. The van der Waals surface area contributed by atoms with Crippen molar-refractivity contribution in [1.29, 1.82) is 0 Å². The fourth-order valence-corrected chi connectivity index (χ4v) is 1.35. The molecule has 0 heterocycles. The highest BCUT2D eigenvalue weighted by molar-refractivity contribution is 9.10. The zero-order valence-electron chi connectivity index (χ0n) is 9.15. The van der Waals surface area contributed by atoms with Gasteiger partial charge in [-0.3, -0.25) is 0 Å². The van der Waals surface area contributed by atoms with Gasteiger partial charge in [-0.25, -0.2) is 4.99 Å². The van der Waals surface area contributed by atoms with E-state index < -0.39 is 0 Å². The SMILES string of the molecule is C=C(N)/N=C(\C=C(N)N)Nc1ccc(Br)cc1. The Labute approximate surface area is 108 Å². The number of hydrogen-bond donors (Lipinski definition) is 4. The Balaban J connectivity index is 2.91. The van der Waals surface area contributed by atoms with Crippen molar-refractivity contribution >= 4 is 27.5 Å². The van der Waals surface area contributed by atoms with Gasteiger partial charge in [-0.1, -0.05) is 22.5 Å². The molecule has 0 aliphatic carbocycles. The highest BCUT2D eigenvalue weighted by Gasteiger charge is 1.98. The number of halogens is 1. The van der Waals surface area contributed by atoms with Crippen molar-refractivity contribution in [3.63, 3.8) is 0 Å². The molecule has 0 bridgehead atoms. The van der Waals surface area contributed by atoms with Crippen LogP contribution in [0.15, 0.2) is 58.0 Å². The molecule has 0 atom stereocenters. The van der Waals surface area contributed by atoms with Gasteiger partial charge in [-0.05, 0) is 24.3 Å². The number of rotatable bonds is 3. The van der Waals surface area contributed by atoms with Gasteiger partial charge in [0.15, 0.2) is 0 Å². The number of hydrogen-bond acceptors (Lipinski definition) is 4. The summed E-state index contributed by atoms with van der Waals surface area (Å²) in [6, 6.07) is 7.54. The second-order valence-electron chi connectivity index (χ2n) is 3.26. The van der Waals surface area contributed by atoms with Crippen molar-refractivity contribution in [3.8, 4) is 0 Å². The number of benzene rings is 1. The Kier molecular flexibility index (Phi) is 4.59. The number of aliphatic imine (C=N–C) groups is 1. The maximum atomic E-state index is 5.41. The second kappa shape index (κ2) is 5.95. The predicted molar refractivity (Wildman–Crippen MR) is 75.0 cm³/mol. The number of nitrogens with two attached hydrogens (primary N) is 3. The fourth-order valence-electron chi connectivity index (χ4n) is 1.09. The van der Waals surface area contributed by atoms with Crippen LogP contribution < -0.4 is 22.5 Å². The molecule has 0 fully saturated rings. The van der Waals surface area contributed by atoms with Crippen molar-refractivity contribution in [2.75, 3.05) is 5.32 Å². The smallest absolute Gasteiger partial charge is 0.136 e. The number of nitrogens with one attached hydrogen (secondary N) is 1. The predicted octanol–water partition coefficient (Wildman–Crippen LogP) is 1.45. The normalized spacial score (nSPS) is 10.8. The lowest BCUT2D eigenvalue weighted by Gasteiger charge is -2.07. The first-order valence-corrected chi connectivity index (χ1v) is 5.55. The topological polar surface area (TPSA) is 102 Å². The zero-order chi connectivity index (χ0) is 12.8. The van der Waals surface area contributed by atoms with Crippen molar-refractivity contribution in [1.82, 2.24) is 0 Å². The molecule has 1 rings (SSSR count). The number of nitrogens with zero attached hydrogens (tertiary/aromatic N) is 1. The van der Waals surface area contributed by atoms with E-state index in [1.54, 1.807) is 0 Å². The molecule has 0 spiro atoms. The summed E-state index contributed by atoms with van der Waals surface area (Å²) < 4.78 is 0.985. The lowest BCUT2D eigenvalue weighted by molar-refractivity contribution is 1.23. The Morgan fingerprint density at radius 1 is 1.24 bits per heavy atom. The van der Waals surface area contributed by atoms with Crippen LogP contribution in [0.5, 0.6) is 0 Å². The Morgan fingerprint density at radius 3 is 2.29 bits per heavy atom. The average Bonchev–Trinajstić information content (AvgIpc) is 2.19. The quantitative estimate of drug-likeness (QED) is 0.500. The molecule has 1 aromatic rings. The number of amidine groups is 1. The van der Waals surface area contributed by atoms with Crippen LogP contribution in [0.1, 0.15) is 0 Å². The summed E-state index contributed by atoms with van der Waals surface area (Å²) in [5.74, 6) is 0.733. The summed E-state index contributed by atoms with van der Waals surface area (Å²) in [5, 5.41) is 3.02. The molecular weight excluding hydrogens is 282 g/mol. The first-order chi connectivity index (χ1) is 7.97. The molecule has 0 unspecified atom stereocenters. The molecule has 6 heteroatoms. The van der Waals surface area contributed by atoms with E-state index in [1.165, 1.54) is 6.08 Å². The molecule has 0 saturated heterocycles. The van der Waals surface area contributed by atoms with Crippen LogP contribution in [0.3, 0.4) is 0 Å². The van der Waals surface area contributed by atoms with E-state index in [0.717, 1.165) is 10.2 Å². The average molecular weight is 296 g/mol. The summed E-state index contributed by atoms with van der Waals surface area (Å²) in [7, 11) is 0. The van der Waals surface area contributed by atoms with Crippen molar-refractivity contribution < 1.29 is 0 Å². The van der Waals surface area contributed by atoms with E-state index in [2.05, 4.69) is 32.8 Å². The Bertz CT molecular complexity index is 457. The molecule has 0 aliphatic heterocycles. The third-order valence-corrected chi connectivity index (χ3v) is 2.21. The Hall–Kier alpha value is -1.95. The molecular formula is C11H14BrN5. The maximum Gasteiger partial charge on any atom is 0.136 e. The summed E-state index contributed by atoms with van der Waals surface area (Å²) in [4.78, 5) is 3.98. The van der Waals surface area contributed by atoms with Crippen molar-refractivity contribution in [2.24, 2.45) is 22.2 Å². The summed E-state index contributed by atoms with van der Waals surface area (Å²) in [6.07, 6.45) is 1.47. The second-order valence-corrected chi connectivity index (χ2v) is 4.18. The standard InChI is InChI=1S/C11H14BrN5/c1-7(13)16-11(6-10(14)15)17-9-4-2-8(12)3-5-9/h2-6H,1,13-15H2,(H,16,17). The molecule has 90 valence electrons. The van der Waals surface area contributed by atoms with E-state index >= 15 is 0 Å². The van der Waals surface area contributed by atoms with Crippen molar-refractivity contribution in [3.05, 3.63) is 53.0 Å². The first-order valence-electron chi connectivity index (χ1n) is 4.75.